The minimum Gasteiger partial charge on any atom is -0.492 e. The third-order valence-corrected chi connectivity index (χ3v) is 7.14. The summed E-state index contributed by atoms with van der Waals surface area (Å²) in [6.45, 7) is 10.3. The van der Waals surface area contributed by atoms with Gasteiger partial charge in [-0.2, -0.15) is 0 Å². The van der Waals surface area contributed by atoms with Crippen LogP contribution in [0.25, 0.3) is 0 Å². The Balaban J connectivity index is 2.52. The summed E-state index contributed by atoms with van der Waals surface area (Å²) in [5.41, 5.74) is 2.22. The zero-order valence-electron chi connectivity index (χ0n) is 18.5. The van der Waals surface area contributed by atoms with Crippen LogP contribution < -0.4 is 9.47 Å². The molecule has 1 aromatic rings. The molecule has 0 aliphatic heterocycles. The van der Waals surface area contributed by atoms with E-state index >= 15 is 0 Å². The molecule has 0 aromatic heterocycles. The molecule has 0 radical (unpaired) electrons. The predicted octanol–water partition coefficient (Wildman–Crippen LogP) is 9.31. The highest BCUT2D eigenvalue weighted by Crippen LogP contribution is 2.44. The number of benzene rings is 1. The van der Waals surface area contributed by atoms with E-state index in [1.807, 2.05) is 0 Å². The van der Waals surface area contributed by atoms with E-state index in [4.69, 9.17) is 9.47 Å². The quantitative estimate of drug-likeness (QED) is 0.202. The van der Waals surface area contributed by atoms with Gasteiger partial charge in [-0.05, 0) is 58.5 Å². The Bertz CT molecular complexity index is 480. The van der Waals surface area contributed by atoms with E-state index in [1.54, 1.807) is 0 Å². The van der Waals surface area contributed by atoms with Gasteiger partial charge in [0.25, 0.3) is 0 Å². The van der Waals surface area contributed by atoms with Gasteiger partial charge in [0.2, 0.25) is 0 Å². The van der Waals surface area contributed by atoms with Crippen molar-refractivity contribution < 1.29 is 9.47 Å². The van der Waals surface area contributed by atoms with Crippen LogP contribution in [0.3, 0.4) is 0 Å². The molecule has 1 aromatic carbocycles. The number of hydrogen-bond acceptors (Lipinski definition) is 2. The van der Waals surface area contributed by atoms with Gasteiger partial charge >= 0.3 is 0 Å². The van der Waals surface area contributed by atoms with E-state index in [1.165, 1.54) is 64.2 Å². The maximum absolute atomic E-state index is 6.14. The largest absolute Gasteiger partial charge is 0.492 e. The van der Waals surface area contributed by atoms with Crippen LogP contribution in [0.15, 0.2) is 8.95 Å². The fourth-order valence-electron chi connectivity index (χ4n) is 3.33. The first-order valence-corrected chi connectivity index (χ1v) is 12.9. The van der Waals surface area contributed by atoms with Crippen LogP contribution in [0.4, 0.5) is 0 Å². The lowest BCUT2D eigenvalue weighted by Crippen LogP contribution is -2.05. The second-order valence-electron chi connectivity index (χ2n) is 7.77. The van der Waals surface area contributed by atoms with Crippen LogP contribution in [0, 0.1) is 13.8 Å². The number of halogens is 2. The molecule has 0 unspecified atom stereocenters. The maximum Gasteiger partial charge on any atom is 0.138 e. The second-order valence-corrected chi connectivity index (χ2v) is 9.35. The van der Waals surface area contributed by atoms with E-state index in [0.29, 0.717) is 0 Å². The van der Waals surface area contributed by atoms with E-state index in [-0.39, 0.29) is 0 Å². The van der Waals surface area contributed by atoms with Crippen molar-refractivity contribution in [2.75, 3.05) is 13.2 Å². The lowest BCUT2D eigenvalue weighted by molar-refractivity contribution is 0.290. The molecule has 1 rings (SSSR count). The van der Waals surface area contributed by atoms with Crippen molar-refractivity contribution in [3.63, 3.8) is 0 Å². The van der Waals surface area contributed by atoms with Crippen LogP contribution in [-0.4, -0.2) is 13.2 Å². The number of unbranched alkanes of at least 4 members (excludes halogenated alkanes) is 10. The Morgan fingerprint density at radius 3 is 1.21 bits per heavy atom. The summed E-state index contributed by atoms with van der Waals surface area (Å²) < 4.78 is 14.3. The Morgan fingerprint density at radius 1 is 0.536 bits per heavy atom. The molecule has 0 fully saturated rings. The highest BCUT2D eigenvalue weighted by atomic mass is 79.9. The van der Waals surface area contributed by atoms with E-state index in [0.717, 1.165) is 57.6 Å². The minimum atomic E-state index is 0.773. The zero-order chi connectivity index (χ0) is 20.8. The van der Waals surface area contributed by atoms with Crippen LogP contribution in [-0.2, 0) is 0 Å². The third-order valence-electron chi connectivity index (χ3n) is 5.23. The summed E-state index contributed by atoms with van der Waals surface area (Å²) in [6, 6.07) is 0. The molecule has 2 nitrogen and oxygen atoms in total. The summed E-state index contributed by atoms with van der Waals surface area (Å²) in [5.74, 6) is 1.90. The lowest BCUT2D eigenvalue weighted by Gasteiger charge is -2.19. The number of ether oxygens (including phenoxy) is 2. The van der Waals surface area contributed by atoms with Gasteiger partial charge in [-0.1, -0.05) is 78.1 Å². The average Bonchev–Trinajstić information content (AvgIpc) is 2.69. The monoisotopic (exact) mass is 518 g/mol. The minimum absolute atomic E-state index is 0.773. The maximum atomic E-state index is 6.14. The standard InChI is InChI=1S/C24H40Br2O2/c1-5-7-9-11-13-15-17-27-23-19(3)22(26)24(20(4)21(23)25)28-18-16-14-12-10-8-6-2/h5-18H2,1-4H3. The average molecular weight is 520 g/mol. The Labute approximate surface area is 190 Å². The Kier molecular flexibility index (Phi) is 14.4. The molecule has 0 aliphatic rings. The van der Waals surface area contributed by atoms with Crippen molar-refractivity contribution in [2.24, 2.45) is 0 Å². The molecule has 0 saturated carbocycles. The predicted molar refractivity (Wildman–Crippen MR) is 129 cm³/mol. The van der Waals surface area contributed by atoms with Crippen molar-refractivity contribution in [1.82, 2.24) is 0 Å². The van der Waals surface area contributed by atoms with Crippen LogP contribution in [0.2, 0.25) is 0 Å². The fourth-order valence-corrected chi connectivity index (χ4v) is 4.51. The van der Waals surface area contributed by atoms with Gasteiger partial charge < -0.3 is 9.47 Å². The van der Waals surface area contributed by atoms with Crippen molar-refractivity contribution in [3.8, 4) is 11.5 Å². The van der Waals surface area contributed by atoms with Crippen molar-refractivity contribution in [3.05, 3.63) is 20.1 Å². The molecule has 0 bridgehead atoms. The van der Waals surface area contributed by atoms with Gasteiger partial charge in [0, 0.05) is 11.1 Å². The van der Waals surface area contributed by atoms with E-state index < -0.39 is 0 Å². The molecular weight excluding hydrogens is 480 g/mol. The molecule has 4 heteroatoms. The lowest BCUT2D eigenvalue weighted by atomic mass is 10.1. The van der Waals surface area contributed by atoms with Crippen molar-refractivity contribution in [2.45, 2.75) is 105 Å². The first kappa shape index (κ1) is 25.8. The van der Waals surface area contributed by atoms with Crippen LogP contribution in [0.1, 0.15) is 102 Å². The molecular formula is C24H40Br2O2. The molecule has 28 heavy (non-hydrogen) atoms. The Hall–Kier alpha value is -0.220. The van der Waals surface area contributed by atoms with Crippen LogP contribution in [0.5, 0.6) is 11.5 Å². The van der Waals surface area contributed by atoms with E-state index in [9.17, 15) is 0 Å². The molecule has 0 heterocycles. The number of rotatable bonds is 16. The second kappa shape index (κ2) is 15.6. The van der Waals surface area contributed by atoms with Gasteiger partial charge in [-0.3, -0.25) is 0 Å². The first-order valence-electron chi connectivity index (χ1n) is 11.3. The summed E-state index contributed by atoms with van der Waals surface area (Å²) in [4.78, 5) is 0. The molecule has 0 spiro atoms. The molecule has 162 valence electrons. The fraction of sp³-hybridized carbons (Fsp3) is 0.750. The molecule has 0 saturated heterocycles. The highest BCUT2D eigenvalue weighted by Gasteiger charge is 2.19. The van der Waals surface area contributed by atoms with Gasteiger partial charge in [0.15, 0.2) is 0 Å². The van der Waals surface area contributed by atoms with Gasteiger partial charge in [-0.15, -0.1) is 0 Å². The Morgan fingerprint density at radius 2 is 0.857 bits per heavy atom. The highest BCUT2D eigenvalue weighted by molar-refractivity contribution is 9.11. The van der Waals surface area contributed by atoms with E-state index in [2.05, 4.69) is 59.6 Å². The smallest absolute Gasteiger partial charge is 0.138 e. The normalized spacial score (nSPS) is 11.1. The summed E-state index contributed by atoms with van der Waals surface area (Å²) in [5, 5.41) is 0. The zero-order valence-corrected chi connectivity index (χ0v) is 21.6. The topological polar surface area (TPSA) is 18.5 Å². The van der Waals surface area contributed by atoms with Gasteiger partial charge in [0.05, 0.1) is 22.2 Å². The molecule has 0 aliphatic carbocycles. The molecule has 0 N–H and O–H groups in total. The van der Waals surface area contributed by atoms with Gasteiger partial charge in [0.1, 0.15) is 11.5 Å². The van der Waals surface area contributed by atoms with Crippen LogP contribution >= 0.6 is 31.9 Å². The summed E-state index contributed by atoms with van der Waals surface area (Å²) in [6.07, 6.45) is 15.3. The number of hydrogen-bond donors (Lipinski definition) is 0. The summed E-state index contributed by atoms with van der Waals surface area (Å²) in [7, 11) is 0. The van der Waals surface area contributed by atoms with Gasteiger partial charge in [-0.25, -0.2) is 0 Å². The van der Waals surface area contributed by atoms with Crippen molar-refractivity contribution in [1.29, 1.82) is 0 Å². The SMILES string of the molecule is CCCCCCCCOc1c(C)c(Br)c(OCCCCCCCC)c(C)c1Br. The van der Waals surface area contributed by atoms with Crippen molar-refractivity contribution >= 4 is 31.9 Å². The molecule has 0 atom stereocenters. The third kappa shape index (κ3) is 9.07. The molecule has 0 amide bonds. The first-order chi connectivity index (χ1) is 13.5. The summed E-state index contributed by atoms with van der Waals surface area (Å²) >= 11 is 7.49.